The van der Waals surface area contributed by atoms with Gasteiger partial charge in [0, 0.05) is 19.5 Å². The summed E-state index contributed by atoms with van der Waals surface area (Å²) in [5, 5.41) is 13.5. The fourth-order valence-corrected chi connectivity index (χ4v) is 0.734. The number of hydrogen-bond donors (Lipinski definition) is 3. The minimum atomic E-state index is -0.401. The lowest BCUT2D eigenvalue weighted by atomic mass is 10.4. The number of carbonyl (C=O) groups is 2. The van der Waals surface area contributed by atoms with Crippen LogP contribution in [0.15, 0.2) is 0 Å². The van der Waals surface area contributed by atoms with Crippen molar-refractivity contribution in [1.29, 1.82) is 5.26 Å². The average molecular weight is 198 g/mol. The van der Waals surface area contributed by atoms with E-state index in [9.17, 15) is 9.59 Å². The summed E-state index contributed by atoms with van der Waals surface area (Å²) in [5.74, 6) is -0.591. The van der Waals surface area contributed by atoms with Crippen LogP contribution in [0.5, 0.6) is 0 Å². The smallest absolute Gasteiger partial charge is 0.233 e. The first kappa shape index (κ1) is 12.4. The summed E-state index contributed by atoms with van der Waals surface area (Å²) in [6.45, 7) is 0.881. The molecule has 0 aliphatic rings. The summed E-state index contributed by atoms with van der Waals surface area (Å²) in [7, 11) is 0. The van der Waals surface area contributed by atoms with Gasteiger partial charge in [-0.3, -0.25) is 9.59 Å². The molecule has 0 aromatic carbocycles. The molecule has 0 fully saturated rings. The van der Waals surface area contributed by atoms with Crippen LogP contribution in [0.1, 0.15) is 12.8 Å². The minimum Gasteiger partial charge on any atom is -0.370 e. The molecule has 0 radical (unpaired) electrons. The van der Waals surface area contributed by atoms with E-state index in [0.717, 1.165) is 0 Å². The molecule has 0 heterocycles. The summed E-state index contributed by atoms with van der Waals surface area (Å²) in [4.78, 5) is 21.3. The topological polar surface area (TPSA) is 108 Å². The van der Waals surface area contributed by atoms with Gasteiger partial charge in [-0.1, -0.05) is 0 Å². The third kappa shape index (κ3) is 8.49. The molecule has 0 saturated carbocycles. The maximum atomic E-state index is 11.0. The van der Waals surface area contributed by atoms with E-state index in [0.29, 0.717) is 19.5 Å². The molecular weight excluding hydrogens is 184 g/mol. The second kappa shape index (κ2) is 8.01. The van der Waals surface area contributed by atoms with E-state index in [4.69, 9.17) is 11.0 Å². The summed E-state index contributed by atoms with van der Waals surface area (Å²) in [6, 6.07) is 1.91. The second-order valence-electron chi connectivity index (χ2n) is 2.65. The highest BCUT2D eigenvalue weighted by Gasteiger charge is 1.99. The van der Waals surface area contributed by atoms with Crippen LogP contribution in [-0.2, 0) is 9.59 Å². The van der Waals surface area contributed by atoms with Gasteiger partial charge in [0.2, 0.25) is 11.8 Å². The zero-order valence-corrected chi connectivity index (χ0v) is 7.88. The molecule has 0 atom stereocenters. The van der Waals surface area contributed by atoms with E-state index in [2.05, 4.69) is 10.6 Å². The van der Waals surface area contributed by atoms with Crippen LogP contribution in [0.4, 0.5) is 0 Å². The molecule has 6 nitrogen and oxygen atoms in total. The van der Waals surface area contributed by atoms with Crippen molar-refractivity contribution in [3.05, 3.63) is 0 Å². The first-order chi connectivity index (χ1) is 6.66. The molecule has 14 heavy (non-hydrogen) atoms. The minimum absolute atomic E-state index is 0.138. The number of nitrogens with zero attached hydrogens (tertiary/aromatic N) is 1. The fraction of sp³-hybridized carbons (Fsp3) is 0.625. The van der Waals surface area contributed by atoms with Crippen molar-refractivity contribution >= 4 is 11.8 Å². The normalized spacial score (nSPS) is 9.07. The van der Waals surface area contributed by atoms with Crippen molar-refractivity contribution in [2.24, 2.45) is 5.73 Å². The van der Waals surface area contributed by atoms with Gasteiger partial charge in [-0.25, -0.2) is 0 Å². The van der Waals surface area contributed by atoms with E-state index in [-0.39, 0.29) is 18.9 Å². The number of amides is 2. The van der Waals surface area contributed by atoms with Crippen molar-refractivity contribution < 1.29 is 9.59 Å². The van der Waals surface area contributed by atoms with Gasteiger partial charge >= 0.3 is 0 Å². The SMILES string of the molecule is N#CCCNC(=O)CNCCC(N)=O. The highest BCUT2D eigenvalue weighted by molar-refractivity contribution is 5.78. The van der Waals surface area contributed by atoms with Gasteiger partial charge in [-0.05, 0) is 0 Å². The van der Waals surface area contributed by atoms with Crippen molar-refractivity contribution in [3.63, 3.8) is 0 Å². The van der Waals surface area contributed by atoms with Crippen LogP contribution in [0.2, 0.25) is 0 Å². The third-order valence-corrected chi connectivity index (χ3v) is 1.39. The largest absolute Gasteiger partial charge is 0.370 e. The predicted molar refractivity (Wildman–Crippen MR) is 49.9 cm³/mol. The van der Waals surface area contributed by atoms with Gasteiger partial charge in [0.15, 0.2) is 0 Å². The number of rotatable bonds is 7. The van der Waals surface area contributed by atoms with Crippen LogP contribution >= 0.6 is 0 Å². The Morgan fingerprint density at radius 1 is 1.36 bits per heavy atom. The quantitative estimate of drug-likeness (QED) is 0.432. The highest BCUT2D eigenvalue weighted by Crippen LogP contribution is 1.74. The van der Waals surface area contributed by atoms with Crippen LogP contribution in [0, 0.1) is 11.3 Å². The maximum absolute atomic E-state index is 11.0. The zero-order chi connectivity index (χ0) is 10.8. The van der Waals surface area contributed by atoms with Gasteiger partial charge in [0.1, 0.15) is 0 Å². The summed E-state index contributed by atoms with van der Waals surface area (Å²) in [5.41, 5.74) is 4.89. The standard InChI is InChI=1S/C8H14N4O2/c9-3-1-4-12-8(14)6-11-5-2-7(10)13/h11H,1-2,4-6H2,(H2,10,13)(H,12,14). The Morgan fingerprint density at radius 2 is 2.07 bits per heavy atom. The third-order valence-electron chi connectivity index (χ3n) is 1.39. The van der Waals surface area contributed by atoms with Gasteiger partial charge < -0.3 is 16.4 Å². The Bertz CT molecular complexity index is 234. The Labute approximate surface area is 82.4 Å². The molecule has 6 heteroatoms. The first-order valence-electron chi connectivity index (χ1n) is 4.29. The molecular formula is C8H14N4O2. The molecule has 2 amide bonds. The molecule has 0 aromatic heterocycles. The zero-order valence-electron chi connectivity index (χ0n) is 7.88. The number of nitriles is 1. The average Bonchev–Trinajstić information content (AvgIpc) is 2.13. The molecule has 0 aliphatic heterocycles. The van der Waals surface area contributed by atoms with Crippen LogP contribution in [0.25, 0.3) is 0 Å². The van der Waals surface area contributed by atoms with Crippen LogP contribution < -0.4 is 16.4 Å². The molecule has 0 saturated heterocycles. The van der Waals surface area contributed by atoms with Crippen molar-refractivity contribution in [3.8, 4) is 6.07 Å². The lowest BCUT2D eigenvalue weighted by Crippen LogP contribution is -2.35. The lowest BCUT2D eigenvalue weighted by molar-refractivity contribution is -0.121. The molecule has 0 spiro atoms. The van der Waals surface area contributed by atoms with E-state index in [1.165, 1.54) is 0 Å². The Hall–Kier alpha value is -1.61. The Morgan fingerprint density at radius 3 is 2.64 bits per heavy atom. The number of carbonyl (C=O) groups excluding carboxylic acids is 2. The molecule has 0 bridgehead atoms. The van der Waals surface area contributed by atoms with Crippen LogP contribution in [-0.4, -0.2) is 31.4 Å². The van der Waals surface area contributed by atoms with E-state index in [1.54, 1.807) is 0 Å². The lowest BCUT2D eigenvalue weighted by Gasteiger charge is -2.03. The Balaban J connectivity index is 3.28. The fourth-order valence-electron chi connectivity index (χ4n) is 0.734. The summed E-state index contributed by atoms with van der Waals surface area (Å²) in [6.07, 6.45) is 0.512. The Kier molecular flexibility index (Phi) is 7.09. The number of nitrogens with two attached hydrogens (primary N) is 1. The van der Waals surface area contributed by atoms with Crippen LogP contribution in [0.3, 0.4) is 0 Å². The second-order valence-corrected chi connectivity index (χ2v) is 2.65. The number of primary amides is 1. The van der Waals surface area contributed by atoms with Gasteiger partial charge in [-0.2, -0.15) is 5.26 Å². The van der Waals surface area contributed by atoms with Crippen molar-refractivity contribution in [2.45, 2.75) is 12.8 Å². The predicted octanol–water partition coefficient (Wildman–Crippen LogP) is -1.52. The molecule has 4 N–H and O–H groups in total. The van der Waals surface area contributed by atoms with Crippen molar-refractivity contribution in [2.75, 3.05) is 19.6 Å². The van der Waals surface area contributed by atoms with E-state index >= 15 is 0 Å². The molecule has 0 aromatic rings. The van der Waals surface area contributed by atoms with Gasteiger partial charge in [-0.15, -0.1) is 0 Å². The van der Waals surface area contributed by atoms with Crippen molar-refractivity contribution in [1.82, 2.24) is 10.6 Å². The first-order valence-corrected chi connectivity index (χ1v) is 4.29. The summed E-state index contributed by atoms with van der Waals surface area (Å²) >= 11 is 0. The highest BCUT2D eigenvalue weighted by atomic mass is 16.2. The van der Waals surface area contributed by atoms with Gasteiger partial charge in [0.05, 0.1) is 19.0 Å². The molecule has 0 aliphatic carbocycles. The molecule has 0 unspecified atom stereocenters. The molecule has 0 rings (SSSR count). The van der Waals surface area contributed by atoms with E-state index in [1.807, 2.05) is 6.07 Å². The van der Waals surface area contributed by atoms with E-state index < -0.39 is 5.91 Å². The maximum Gasteiger partial charge on any atom is 0.233 e. The monoisotopic (exact) mass is 198 g/mol. The molecule has 78 valence electrons. The number of hydrogen-bond acceptors (Lipinski definition) is 4. The summed E-state index contributed by atoms with van der Waals surface area (Å²) < 4.78 is 0. The van der Waals surface area contributed by atoms with Gasteiger partial charge in [0.25, 0.3) is 0 Å². The number of nitrogens with one attached hydrogen (secondary N) is 2.